The molecule has 0 radical (unpaired) electrons. The predicted molar refractivity (Wildman–Crippen MR) is 142 cm³/mol. The third-order valence-corrected chi connectivity index (χ3v) is 6.14. The van der Waals surface area contributed by atoms with Crippen LogP contribution in [0.15, 0.2) is 72.8 Å². The summed E-state index contributed by atoms with van der Waals surface area (Å²) in [6, 6.07) is 0. The van der Waals surface area contributed by atoms with E-state index in [4.69, 9.17) is 18.9 Å². The minimum absolute atomic E-state index is 0.353. The largest absolute Gasteiger partial charge is 0.498 e. The first kappa shape index (κ1) is 29.2. The number of hydrogen-bond acceptors (Lipinski definition) is 6. The van der Waals surface area contributed by atoms with E-state index in [9.17, 15) is 9.59 Å². The van der Waals surface area contributed by atoms with E-state index in [1.807, 2.05) is 0 Å². The molecule has 0 heterocycles. The van der Waals surface area contributed by atoms with Gasteiger partial charge < -0.3 is 18.9 Å². The molecule has 0 saturated carbocycles. The van der Waals surface area contributed by atoms with Gasteiger partial charge in [-0.25, -0.2) is 9.59 Å². The summed E-state index contributed by atoms with van der Waals surface area (Å²) in [6.07, 6.45) is 24.1. The number of esters is 2. The summed E-state index contributed by atoms with van der Waals surface area (Å²) in [5.41, 5.74) is 1.44. The van der Waals surface area contributed by atoms with Gasteiger partial charge in [0.25, 0.3) is 0 Å². The van der Waals surface area contributed by atoms with Gasteiger partial charge in [0.1, 0.15) is 5.76 Å². The minimum Gasteiger partial charge on any atom is -0.498 e. The van der Waals surface area contributed by atoms with Crippen molar-refractivity contribution in [3.05, 3.63) is 72.8 Å². The van der Waals surface area contributed by atoms with E-state index in [-0.39, 0.29) is 11.9 Å². The second-order valence-electron chi connectivity index (χ2n) is 8.95. The Bertz CT molecular complexity index is 832. The fourth-order valence-corrected chi connectivity index (χ4v) is 4.02. The number of unbranched alkanes of at least 4 members (excludes halogenated alkanes) is 6. The Balaban J connectivity index is 1.51. The van der Waals surface area contributed by atoms with Crippen LogP contribution in [0.2, 0.25) is 0 Å². The first-order valence-electron chi connectivity index (χ1n) is 13.2. The lowest BCUT2D eigenvalue weighted by molar-refractivity contribution is -0.138. The van der Waals surface area contributed by atoms with Gasteiger partial charge in [-0.1, -0.05) is 30.9 Å². The van der Waals surface area contributed by atoms with E-state index in [0.717, 1.165) is 88.8 Å². The van der Waals surface area contributed by atoms with Gasteiger partial charge >= 0.3 is 11.9 Å². The Labute approximate surface area is 216 Å². The molecule has 198 valence electrons. The standard InChI is InChI=1S/C30H42O6/c1-3-29(31)35-23-11-7-5-9-21-33-27-17-13-25(14-18-27)26-15-19-28(20-16-26)34-22-10-6-8-12-24-36-30(32)4-2/h3-4,13,15,17-19,25H,1-2,5-12,14,16,20-24H2. The molecule has 2 rings (SSSR count). The fraction of sp³-hybridized carbons (Fsp3) is 0.533. The van der Waals surface area contributed by atoms with Gasteiger partial charge in [0.15, 0.2) is 0 Å². The number of carbonyl (C=O) groups is 2. The molecule has 0 aliphatic heterocycles. The lowest BCUT2D eigenvalue weighted by Gasteiger charge is -2.23. The maximum atomic E-state index is 11.0. The highest BCUT2D eigenvalue weighted by molar-refractivity contribution is 5.81. The minimum atomic E-state index is -0.355. The quantitative estimate of drug-likeness (QED) is 0.113. The SMILES string of the molecule is C=CC(=O)OCCCCCCOC1=CCC(C2=CC=C(OCCCCCCOC(=O)C=C)CC2)C=C1. The number of rotatable bonds is 19. The van der Waals surface area contributed by atoms with Gasteiger partial charge in [0.2, 0.25) is 0 Å². The molecule has 0 saturated heterocycles. The molecular weight excluding hydrogens is 456 g/mol. The van der Waals surface area contributed by atoms with Crippen LogP contribution in [0.5, 0.6) is 0 Å². The number of hydrogen-bond donors (Lipinski definition) is 0. The van der Waals surface area contributed by atoms with Crippen molar-refractivity contribution in [1.82, 2.24) is 0 Å². The highest BCUT2D eigenvalue weighted by atomic mass is 16.5. The molecule has 0 aromatic rings. The molecule has 2 aliphatic rings. The molecule has 0 aromatic heterocycles. The van der Waals surface area contributed by atoms with E-state index in [0.29, 0.717) is 25.7 Å². The molecule has 1 atom stereocenters. The van der Waals surface area contributed by atoms with E-state index in [1.165, 1.54) is 17.7 Å². The molecule has 1 unspecified atom stereocenters. The Morgan fingerprint density at radius 1 is 0.778 bits per heavy atom. The van der Waals surface area contributed by atoms with Crippen molar-refractivity contribution in [3.8, 4) is 0 Å². The molecular formula is C30H42O6. The zero-order valence-electron chi connectivity index (χ0n) is 21.6. The van der Waals surface area contributed by atoms with Crippen LogP contribution < -0.4 is 0 Å². The van der Waals surface area contributed by atoms with Crippen molar-refractivity contribution in [2.45, 2.75) is 70.6 Å². The number of carbonyl (C=O) groups excluding carboxylic acids is 2. The van der Waals surface area contributed by atoms with Gasteiger partial charge in [-0.2, -0.15) is 0 Å². The zero-order valence-corrected chi connectivity index (χ0v) is 21.6. The summed E-state index contributed by atoms with van der Waals surface area (Å²) in [7, 11) is 0. The van der Waals surface area contributed by atoms with Crippen molar-refractivity contribution >= 4 is 11.9 Å². The normalized spacial score (nSPS) is 16.8. The predicted octanol–water partition coefficient (Wildman–Crippen LogP) is 6.66. The monoisotopic (exact) mass is 498 g/mol. The van der Waals surface area contributed by atoms with E-state index in [1.54, 1.807) is 0 Å². The summed E-state index contributed by atoms with van der Waals surface area (Å²) in [5, 5.41) is 0. The third kappa shape index (κ3) is 12.6. The Kier molecular flexibility index (Phi) is 14.8. The molecule has 36 heavy (non-hydrogen) atoms. The van der Waals surface area contributed by atoms with Gasteiger partial charge in [-0.15, -0.1) is 0 Å². The Morgan fingerprint density at radius 3 is 1.86 bits per heavy atom. The summed E-state index contributed by atoms with van der Waals surface area (Å²) in [4.78, 5) is 21.9. The fourth-order valence-electron chi connectivity index (χ4n) is 4.02. The van der Waals surface area contributed by atoms with Crippen LogP contribution in [0.4, 0.5) is 0 Å². The summed E-state index contributed by atoms with van der Waals surface area (Å²) in [6.45, 7) is 9.12. The molecule has 0 amide bonds. The average Bonchev–Trinajstić information content (AvgIpc) is 2.92. The molecule has 6 heteroatoms. The smallest absolute Gasteiger partial charge is 0.330 e. The van der Waals surface area contributed by atoms with Gasteiger partial charge in [0.05, 0.1) is 32.2 Å². The maximum Gasteiger partial charge on any atom is 0.330 e. The van der Waals surface area contributed by atoms with Crippen molar-refractivity contribution in [2.24, 2.45) is 5.92 Å². The molecule has 2 aliphatic carbocycles. The van der Waals surface area contributed by atoms with Gasteiger partial charge in [-0.3, -0.25) is 0 Å². The van der Waals surface area contributed by atoms with E-state index < -0.39 is 0 Å². The van der Waals surface area contributed by atoms with Crippen LogP contribution in [0.1, 0.15) is 70.6 Å². The van der Waals surface area contributed by atoms with Crippen LogP contribution in [-0.2, 0) is 28.5 Å². The van der Waals surface area contributed by atoms with Crippen LogP contribution in [0.3, 0.4) is 0 Å². The molecule has 0 fully saturated rings. The third-order valence-electron chi connectivity index (χ3n) is 6.14. The van der Waals surface area contributed by atoms with Crippen molar-refractivity contribution < 1.29 is 28.5 Å². The number of allylic oxidation sites excluding steroid dienone is 7. The first-order chi connectivity index (χ1) is 17.6. The highest BCUT2D eigenvalue weighted by Crippen LogP contribution is 2.31. The lowest BCUT2D eigenvalue weighted by atomic mass is 9.86. The number of ether oxygens (including phenoxy) is 4. The summed E-state index contributed by atoms with van der Waals surface area (Å²) < 4.78 is 21.8. The molecule has 0 bridgehead atoms. The molecule has 0 aromatic carbocycles. The Morgan fingerprint density at radius 2 is 1.36 bits per heavy atom. The molecule has 0 N–H and O–H groups in total. The summed E-state index contributed by atoms with van der Waals surface area (Å²) >= 11 is 0. The highest BCUT2D eigenvalue weighted by Gasteiger charge is 2.17. The molecule has 0 spiro atoms. The van der Waals surface area contributed by atoms with Gasteiger partial charge in [-0.05, 0) is 82.4 Å². The zero-order chi connectivity index (χ0) is 25.8. The Hall–Kier alpha value is -3.02. The average molecular weight is 499 g/mol. The molecule has 6 nitrogen and oxygen atoms in total. The van der Waals surface area contributed by atoms with Crippen LogP contribution in [-0.4, -0.2) is 38.4 Å². The van der Waals surface area contributed by atoms with E-state index in [2.05, 4.69) is 43.5 Å². The van der Waals surface area contributed by atoms with Crippen molar-refractivity contribution in [2.75, 3.05) is 26.4 Å². The van der Waals surface area contributed by atoms with Crippen molar-refractivity contribution in [3.63, 3.8) is 0 Å². The summed E-state index contributed by atoms with van der Waals surface area (Å²) in [5.74, 6) is 1.75. The van der Waals surface area contributed by atoms with Crippen LogP contribution >= 0.6 is 0 Å². The van der Waals surface area contributed by atoms with Gasteiger partial charge in [0, 0.05) is 24.5 Å². The maximum absolute atomic E-state index is 11.0. The van der Waals surface area contributed by atoms with Crippen LogP contribution in [0, 0.1) is 5.92 Å². The lowest BCUT2D eigenvalue weighted by Crippen LogP contribution is -2.09. The van der Waals surface area contributed by atoms with Crippen LogP contribution in [0.25, 0.3) is 0 Å². The second kappa shape index (κ2) is 18.3. The van der Waals surface area contributed by atoms with Crippen molar-refractivity contribution in [1.29, 1.82) is 0 Å². The van der Waals surface area contributed by atoms with E-state index >= 15 is 0 Å². The first-order valence-corrected chi connectivity index (χ1v) is 13.2. The topological polar surface area (TPSA) is 71.1 Å². The second-order valence-corrected chi connectivity index (χ2v) is 8.95.